The van der Waals surface area contributed by atoms with Crippen LogP contribution < -0.4 is 0 Å². The standard InChI is InChI=1S/C15H10BrClFNO/c16-10(9-4-3-5-11(18)15(9)17)8-14-19-12-6-1-2-7-13(12)20-14/h1-7,10H,8H2. The van der Waals surface area contributed by atoms with Gasteiger partial charge in [0.25, 0.3) is 0 Å². The molecule has 0 aliphatic carbocycles. The first-order valence-corrected chi connectivity index (χ1v) is 7.37. The van der Waals surface area contributed by atoms with Crippen molar-refractivity contribution in [1.82, 2.24) is 4.98 Å². The Balaban J connectivity index is 1.88. The molecule has 0 amide bonds. The summed E-state index contributed by atoms with van der Waals surface area (Å²) in [5.74, 6) is 0.166. The van der Waals surface area contributed by atoms with Crippen molar-refractivity contribution in [3.05, 3.63) is 64.8 Å². The third kappa shape index (κ3) is 2.58. The molecule has 0 aliphatic heterocycles. The predicted octanol–water partition coefficient (Wildman–Crippen LogP) is 5.30. The number of para-hydroxylation sites is 2. The Bertz CT molecular complexity index is 725. The third-order valence-electron chi connectivity index (χ3n) is 3.01. The molecule has 1 heterocycles. The summed E-state index contributed by atoms with van der Waals surface area (Å²) in [7, 11) is 0. The molecule has 0 aliphatic rings. The van der Waals surface area contributed by atoms with Crippen LogP contribution in [0.5, 0.6) is 0 Å². The van der Waals surface area contributed by atoms with Crippen LogP contribution in [0, 0.1) is 5.82 Å². The van der Waals surface area contributed by atoms with Crippen molar-refractivity contribution in [2.75, 3.05) is 0 Å². The maximum absolute atomic E-state index is 13.5. The molecular formula is C15H10BrClFNO. The largest absolute Gasteiger partial charge is 0.441 e. The van der Waals surface area contributed by atoms with Crippen molar-refractivity contribution in [3.63, 3.8) is 0 Å². The lowest BCUT2D eigenvalue weighted by Gasteiger charge is -2.10. The van der Waals surface area contributed by atoms with Crippen molar-refractivity contribution in [3.8, 4) is 0 Å². The maximum atomic E-state index is 13.5. The smallest absolute Gasteiger partial charge is 0.196 e. The fraction of sp³-hybridized carbons (Fsp3) is 0.133. The van der Waals surface area contributed by atoms with Crippen LogP contribution in [0.3, 0.4) is 0 Å². The van der Waals surface area contributed by atoms with Gasteiger partial charge in [-0.05, 0) is 23.8 Å². The van der Waals surface area contributed by atoms with Crippen LogP contribution in [0.4, 0.5) is 4.39 Å². The summed E-state index contributed by atoms with van der Waals surface area (Å²) in [6.07, 6.45) is 0.498. The van der Waals surface area contributed by atoms with Gasteiger partial charge in [0.2, 0.25) is 0 Å². The molecule has 1 atom stereocenters. The Morgan fingerprint density at radius 2 is 2.00 bits per heavy atom. The highest BCUT2D eigenvalue weighted by Gasteiger charge is 2.17. The molecular weight excluding hydrogens is 345 g/mol. The van der Waals surface area contributed by atoms with Crippen molar-refractivity contribution in [1.29, 1.82) is 0 Å². The van der Waals surface area contributed by atoms with Gasteiger partial charge in [0.1, 0.15) is 11.3 Å². The Kier molecular flexibility index (Phi) is 3.76. The van der Waals surface area contributed by atoms with E-state index in [9.17, 15) is 4.39 Å². The van der Waals surface area contributed by atoms with E-state index in [4.69, 9.17) is 16.0 Å². The Morgan fingerprint density at radius 3 is 2.80 bits per heavy atom. The summed E-state index contributed by atoms with van der Waals surface area (Å²) in [5, 5.41) is 0.130. The van der Waals surface area contributed by atoms with Crippen molar-refractivity contribution >= 4 is 38.6 Å². The monoisotopic (exact) mass is 353 g/mol. The van der Waals surface area contributed by atoms with Gasteiger partial charge in [0.15, 0.2) is 11.5 Å². The van der Waals surface area contributed by atoms with Crippen LogP contribution in [0.2, 0.25) is 5.02 Å². The average Bonchev–Trinajstić information content (AvgIpc) is 2.83. The molecule has 0 saturated heterocycles. The summed E-state index contributed by atoms with van der Waals surface area (Å²) in [6, 6.07) is 12.3. The molecule has 0 fully saturated rings. The minimum absolute atomic E-state index is 0.130. The Hall–Kier alpha value is -1.39. The van der Waals surface area contributed by atoms with E-state index in [-0.39, 0.29) is 9.85 Å². The van der Waals surface area contributed by atoms with E-state index < -0.39 is 5.82 Å². The number of alkyl halides is 1. The summed E-state index contributed by atoms with van der Waals surface area (Å²) in [6.45, 7) is 0. The molecule has 0 N–H and O–H groups in total. The number of nitrogens with zero attached hydrogens (tertiary/aromatic N) is 1. The second kappa shape index (κ2) is 5.54. The molecule has 102 valence electrons. The summed E-state index contributed by atoms with van der Waals surface area (Å²) in [5.41, 5.74) is 2.24. The summed E-state index contributed by atoms with van der Waals surface area (Å²) in [4.78, 5) is 4.24. The Labute approximate surface area is 128 Å². The second-order valence-corrected chi connectivity index (χ2v) is 5.87. The molecule has 5 heteroatoms. The lowest BCUT2D eigenvalue weighted by molar-refractivity contribution is 0.527. The number of aromatic nitrogens is 1. The van der Waals surface area contributed by atoms with Gasteiger partial charge in [-0.2, -0.15) is 0 Å². The van der Waals surface area contributed by atoms with Crippen molar-refractivity contribution < 1.29 is 8.81 Å². The second-order valence-electron chi connectivity index (χ2n) is 4.39. The maximum Gasteiger partial charge on any atom is 0.196 e. The zero-order valence-corrected chi connectivity index (χ0v) is 12.7. The topological polar surface area (TPSA) is 26.0 Å². The molecule has 20 heavy (non-hydrogen) atoms. The van der Waals surface area contributed by atoms with Gasteiger partial charge >= 0.3 is 0 Å². The highest BCUT2D eigenvalue weighted by Crippen LogP contribution is 2.34. The van der Waals surface area contributed by atoms with Gasteiger partial charge in [-0.1, -0.05) is 51.8 Å². The van der Waals surface area contributed by atoms with E-state index in [0.717, 1.165) is 11.1 Å². The van der Waals surface area contributed by atoms with Crippen LogP contribution in [-0.4, -0.2) is 4.98 Å². The number of hydrogen-bond donors (Lipinski definition) is 0. The first kappa shape index (κ1) is 13.6. The van der Waals surface area contributed by atoms with E-state index >= 15 is 0 Å². The van der Waals surface area contributed by atoms with Gasteiger partial charge in [-0.3, -0.25) is 0 Å². The third-order valence-corrected chi connectivity index (χ3v) is 4.23. The average molecular weight is 355 g/mol. The minimum Gasteiger partial charge on any atom is -0.441 e. The number of oxazole rings is 1. The van der Waals surface area contributed by atoms with Crippen LogP contribution in [0.15, 0.2) is 46.9 Å². The molecule has 2 nitrogen and oxygen atoms in total. The van der Waals surface area contributed by atoms with E-state index in [1.165, 1.54) is 6.07 Å². The number of halogens is 3. The highest BCUT2D eigenvalue weighted by atomic mass is 79.9. The first-order chi connectivity index (χ1) is 9.65. The zero-order valence-electron chi connectivity index (χ0n) is 10.3. The minimum atomic E-state index is -0.425. The van der Waals surface area contributed by atoms with E-state index in [0.29, 0.717) is 17.9 Å². The fourth-order valence-corrected chi connectivity index (χ4v) is 3.08. The van der Waals surface area contributed by atoms with Gasteiger partial charge in [0, 0.05) is 11.2 Å². The molecule has 3 rings (SSSR count). The number of benzene rings is 2. The van der Waals surface area contributed by atoms with E-state index in [2.05, 4.69) is 20.9 Å². The number of fused-ring (bicyclic) bond motifs is 1. The van der Waals surface area contributed by atoms with Crippen LogP contribution in [0.1, 0.15) is 16.3 Å². The molecule has 1 unspecified atom stereocenters. The molecule has 0 bridgehead atoms. The lowest BCUT2D eigenvalue weighted by atomic mass is 10.1. The van der Waals surface area contributed by atoms with Crippen LogP contribution in [-0.2, 0) is 6.42 Å². The molecule has 3 aromatic rings. The van der Waals surface area contributed by atoms with Crippen molar-refractivity contribution in [2.24, 2.45) is 0 Å². The predicted molar refractivity (Wildman–Crippen MR) is 80.8 cm³/mol. The first-order valence-electron chi connectivity index (χ1n) is 6.07. The SMILES string of the molecule is Fc1cccc(C(Br)Cc2nc3ccccc3o2)c1Cl. The highest BCUT2D eigenvalue weighted by molar-refractivity contribution is 9.09. The van der Waals surface area contributed by atoms with Gasteiger partial charge < -0.3 is 4.42 Å². The summed E-state index contributed by atoms with van der Waals surface area (Å²) >= 11 is 9.49. The number of rotatable bonds is 3. The van der Waals surface area contributed by atoms with Gasteiger partial charge in [0.05, 0.1) is 5.02 Å². The quantitative estimate of drug-likeness (QED) is 0.597. The lowest BCUT2D eigenvalue weighted by Crippen LogP contribution is -1.98. The normalized spacial score (nSPS) is 12.8. The number of hydrogen-bond acceptors (Lipinski definition) is 2. The molecule has 0 spiro atoms. The molecule has 1 aromatic heterocycles. The van der Waals surface area contributed by atoms with Crippen molar-refractivity contribution in [2.45, 2.75) is 11.2 Å². The van der Waals surface area contributed by atoms with Gasteiger partial charge in [-0.25, -0.2) is 9.37 Å². The summed E-state index contributed by atoms with van der Waals surface area (Å²) < 4.78 is 19.1. The van der Waals surface area contributed by atoms with Crippen LogP contribution in [0.25, 0.3) is 11.1 Å². The Morgan fingerprint density at radius 1 is 1.20 bits per heavy atom. The zero-order chi connectivity index (χ0) is 14.1. The van der Waals surface area contributed by atoms with Gasteiger partial charge in [-0.15, -0.1) is 0 Å². The fourth-order valence-electron chi connectivity index (χ4n) is 2.03. The van der Waals surface area contributed by atoms with E-state index in [1.54, 1.807) is 12.1 Å². The molecule has 2 aromatic carbocycles. The molecule has 0 radical (unpaired) electrons. The van der Waals surface area contributed by atoms with Crippen LogP contribution >= 0.6 is 27.5 Å². The van der Waals surface area contributed by atoms with E-state index in [1.807, 2.05) is 24.3 Å². The molecule has 0 saturated carbocycles.